The molecule has 0 saturated carbocycles. The van der Waals surface area contributed by atoms with Crippen molar-refractivity contribution in [2.24, 2.45) is 0 Å². The van der Waals surface area contributed by atoms with Gasteiger partial charge in [-0.3, -0.25) is 4.79 Å². The van der Waals surface area contributed by atoms with Crippen molar-refractivity contribution in [3.8, 4) is 0 Å². The highest BCUT2D eigenvalue weighted by molar-refractivity contribution is 7.22. The quantitative estimate of drug-likeness (QED) is 0.885. The molecular weight excluding hydrogens is 224 g/mol. The number of carboxylic acid groups (broad SMARTS) is 1. The fourth-order valence-electron chi connectivity index (χ4n) is 1.44. The van der Waals surface area contributed by atoms with Crippen molar-refractivity contribution in [2.45, 2.75) is 6.42 Å². The molecule has 16 heavy (non-hydrogen) atoms. The lowest BCUT2D eigenvalue weighted by molar-refractivity contribution is -0.136. The van der Waals surface area contributed by atoms with Gasteiger partial charge in [-0.15, -0.1) is 0 Å². The summed E-state index contributed by atoms with van der Waals surface area (Å²) in [5.74, 6) is -0.817. The van der Waals surface area contributed by atoms with Crippen LogP contribution in [0.15, 0.2) is 18.2 Å². The van der Waals surface area contributed by atoms with E-state index in [0.717, 1.165) is 20.9 Å². The zero-order valence-corrected chi connectivity index (χ0v) is 9.91. The molecule has 0 spiro atoms. The second-order valence-electron chi connectivity index (χ2n) is 3.76. The monoisotopic (exact) mass is 236 g/mol. The van der Waals surface area contributed by atoms with Gasteiger partial charge in [-0.25, -0.2) is 4.98 Å². The van der Waals surface area contributed by atoms with Gasteiger partial charge >= 0.3 is 5.97 Å². The highest BCUT2D eigenvalue weighted by Gasteiger charge is 2.07. The number of carboxylic acids is 1. The summed E-state index contributed by atoms with van der Waals surface area (Å²) >= 11 is 1.60. The zero-order valence-electron chi connectivity index (χ0n) is 9.10. The van der Waals surface area contributed by atoms with Gasteiger partial charge in [-0.05, 0) is 17.7 Å². The first-order valence-electron chi connectivity index (χ1n) is 4.85. The number of fused-ring (bicyclic) bond motifs is 1. The Hall–Kier alpha value is -1.62. The van der Waals surface area contributed by atoms with Crippen molar-refractivity contribution >= 4 is 32.7 Å². The molecule has 1 aromatic carbocycles. The van der Waals surface area contributed by atoms with Gasteiger partial charge in [0.1, 0.15) is 0 Å². The van der Waals surface area contributed by atoms with E-state index in [9.17, 15) is 4.79 Å². The van der Waals surface area contributed by atoms with Gasteiger partial charge in [-0.1, -0.05) is 17.4 Å². The number of carbonyl (C=O) groups is 1. The highest BCUT2D eigenvalue weighted by atomic mass is 32.1. The molecule has 1 aromatic heterocycles. The summed E-state index contributed by atoms with van der Waals surface area (Å²) in [6, 6.07) is 5.61. The first-order valence-corrected chi connectivity index (χ1v) is 5.66. The number of anilines is 1. The molecule has 0 fully saturated rings. The van der Waals surface area contributed by atoms with E-state index in [1.807, 2.05) is 37.2 Å². The van der Waals surface area contributed by atoms with Crippen LogP contribution in [0.25, 0.3) is 10.2 Å². The number of aliphatic carboxylic acids is 1. The molecule has 4 nitrogen and oxygen atoms in total. The lowest BCUT2D eigenvalue weighted by atomic mass is 10.1. The number of aromatic nitrogens is 1. The first-order chi connectivity index (χ1) is 7.56. The Bertz CT molecular complexity index is 534. The SMILES string of the molecule is CN(C)c1nc2cc(CC(=O)O)ccc2s1. The Morgan fingerprint density at radius 1 is 1.50 bits per heavy atom. The minimum Gasteiger partial charge on any atom is -0.481 e. The summed E-state index contributed by atoms with van der Waals surface area (Å²) in [6.45, 7) is 0. The third-order valence-electron chi connectivity index (χ3n) is 2.18. The predicted molar refractivity (Wildman–Crippen MR) is 65.3 cm³/mol. The normalized spacial score (nSPS) is 10.6. The minimum absolute atomic E-state index is 0.0464. The Morgan fingerprint density at radius 2 is 2.25 bits per heavy atom. The molecule has 0 atom stereocenters. The van der Waals surface area contributed by atoms with Crippen LogP contribution in [0.2, 0.25) is 0 Å². The van der Waals surface area contributed by atoms with Crippen LogP contribution in [0.1, 0.15) is 5.56 Å². The number of rotatable bonds is 3. The van der Waals surface area contributed by atoms with E-state index in [0.29, 0.717) is 0 Å². The summed E-state index contributed by atoms with van der Waals surface area (Å²) in [6.07, 6.45) is 0.0464. The van der Waals surface area contributed by atoms with E-state index < -0.39 is 5.97 Å². The number of hydrogen-bond acceptors (Lipinski definition) is 4. The summed E-state index contributed by atoms with van der Waals surface area (Å²) in [5.41, 5.74) is 1.66. The topological polar surface area (TPSA) is 53.4 Å². The van der Waals surface area contributed by atoms with Crippen molar-refractivity contribution < 1.29 is 9.90 Å². The fourth-order valence-corrected chi connectivity index (χ4v) is 2.31. The van der Waals surface area contributed by atoms with Crippen LogP contribution in [-0.4, -0.2) is 30.2 Å². The van der Waals surface area contributed by atoms with E-state index in [1.54, 1.807) is 11.3 Å². The number of hydrogen-bond donors (Lipinski definition) is 1. The minimum atomic E-state index is -0.817. The van der Waals surface area contributed by atoms with Gasteiger partial charge in [0.2, 0.25) is 0 Å². The third-order valence-corrected chi connectivity index (χ3v) is 3.38. The van der Waals surface area contributed by atoms with Crippen LogP contribution in [-0.2, 0) is 11.2 Å². The average Bonchev–Trinajstić information content (AvgIpc) is 2.59. The Labute approximate surface area is 97.1 Å². The fraction of sp³-hybridized carbons (Fsp3) is 0.273. The highest BCUT2D eigenvalue weighted by Crippen LogP contribution is 2.28. The largest absolute Gasteiger partial charge is 0.481 e. The van der Waals surface area contributed by atoms with E-state index in [4.69, 9.17) is 5.11 Å². The zero-order chi connectivity index (χ0) is 11.7. The lowest BCUT2D eigenvalue weighted by Gasteiger charge is -2.04. The average molecular weight is 236 g/mol. The Balaban J connectivity index is 2.41. The van der Waals surface area contributed by atoms with Crippen molar-refractivity contribution in [3.05, 3.63) is 23.8 Å². The molecule has 0 unspecified atom stereocenters. The van der Waals surface area contributed by atoms with Gasteiger partial charge in [-0.2, -0.15) is 0 Å². The molecular formula is C11H12N2O2S. The lowest BCUT2D eigenvalue weighted by Crippen LogP contribution is -2.07. The second-order valence-corrected chi connectivity index (χ2v) is 4.77. The maximum Gasteiger partial charge on any atom is 0.307 e. The Morgan fingerprint density at radius 3 is 2.88 bits per heavy atom. The summed E-state index contributed by atoms with van der Waals surface area (Å²) in [4.78, 5) is 17.0. The molecule has 0 saturated heterocycles. The third kappa shape index (κ3) is 2.14. The van der Waals surface area contributed by atoms with Crippen LogP contribution in [0.5, 0.6) is 0 Å². The summed E-state index contributed by atoms with van der Waals surface area (Å²) in [7, 11) is 3.88. The van der Waals surface area contributed by atoms with Crippen molar-refractivity contribution in [1.82, 2.24) is 4.98 Å². The molecule has 5 heteroatoms. The van der Waals surface area contributed by atoms with Gasteiger partial charge < -0.3 is 10.0 Å². The molecule has 0 aliphatic rings. The number of nitrogens with zero attached hydrogens (tertiary/aromatic N) is 2. The summed E-state index contributed by atoms with van der Waals surface area (Å²) < 4.78 is 1.08. The molecule has 0 radical (unpaired) electrons. The number of benzene rings is 1. The molecule has 1 heterocycles. The standard InChI is InChI=1S/C11H12N2O2S/c1-13(2)11-12-8-5-7(6-10(14)15)3-4-9(8)16-11/h3-5H,6H2,1-2H3,(H,14,15). The van der Waals surface area contributed by atoms with Gasteiger partial charge in [0.05, 0.1) is 16.6 Å². The molecule has 0 bridgehead atoms. The van der Waals surface area contributed by atoms with Crippen LogP contribution < -0.4 is 4.90 Å². The maximum atomic E-state index is 10.6. The van der Waals surface area contributed by atoms with Gasteiger partial charge in [0, 0.05) is 14.1 Å². The van der Waals surface area contributed by atoms with E-state index >= 15 is 0 Å². The predicted octanol–water partition coefficient (Wildman–Crippen LogP) is 1.99. The van der Waals surface area contributed by atoms with E-state index in [-0.39, 0.29) is 6.42 Å². The van der Waals surface area contributed by atoms with Crippen molar-refractivity contribution in [2.75, 3.05) is 19.0 Å². The maximum absolute atomic E-state index is 10.6. The second kappa shape index (κ2) is 4.09. The molecule has 84 valence electrons. The van der Waals surface area contributed by atoms with Crippen LogP contribution in [0.4, 0.5) is 5.13 Å². The van der Waals surface area contributed by atoms with Crippen LogP contribution in [0, 0.1) is 0 Å². The van der Waals surface area contributed by atoms with Crippen LogP contribution in [0.3, 0.4) is 0 Å². The summed E-state index contributed by atoms with van der Waals surface area (Å²) in [5, 5.41) is 9.64. The van der Waals surface area contributed by atoms with Crippen molar-refractivity contribution in [3.63, 3.8) is 0 Å². The van der Waals surface area contributed by atoms with Gasteiger partial charge in [0.15, 0.2) is 5.13 Å². The molecule has 0 aliphatic carbocycles. The molecule has 2 aromatic rings. The van der Waals surface area contributed by atoms with Gasteiger partial charge in [0.25, 0.3) is 0 Å². The molecule has 2 rings (SSSR count). The molecule has 0 amide bonds. The Kier molecular flexibility index (Phi) is 2.78. The van der Waals surface area contributed by atoms with Crippen LogP contribution >= 0.6 is 11.3 Å². The van der Waals surface area contributed by atoms with Crippen molar-refractivity contribution in [1.29, 1.82) is 0 Å². The van der Waals surface area contributed by atoms with E-state index in [1.165, 1.54) is 0 Å². The smallest absolute Gasteiger partial charge is 0.307 e. The first kappa shape index (κ1) is 10.9. The number of thiazole rings is 1. The molecule has 0 aliphatic heterocycles. The van der Waals surface area contributed by atoms with E-state index in [2.05, 4.69) is 4.98 Å². The molecule has 1 N–H and O–H groups in total.